The maximum absolute atomic E-state index is 11.2. The van der Waals surface area contributed by atoms with Crippen LogP contribution in [0, 0.1) is 0 Å². The van der Waals surface area contributed by atoms with E-state index in [2.05, 4.69) is 5.66 Å². The number of carbonyl (C=O) groups excluding carboxylic acids is 3. The lowest BCUT2D eigenvalue weighted by Crippen LogP contribution is -2.00. The van der Waals surface area contributed by atoms with E-state index in [1.807, 2.05) is 19.8 Å². The van der Waals surface area contributed by atoms with Gasteiger partial charge in [-0.1, -0.05) is 26.7 Å². The summed E-state index contributed by atoms with van der Waals surface area (Å²) >= 11 is 0. The second-order valence-electron chi connectivity index (χ2n) is 3.58. The van der Waals surface area contributed by atoms with Crippen molar-refractivity contribution in [3.05, 3.63) is 11.4 Å². The van der Waals surface area contributed by atoms with E-state index in [0.717, 1.165) is 12.8 Å². The summed E-state index contributed by atoms with van der Waals surface area (Å²) in [7, 11) is 0. The first kappa shape index (κ1) is 14.9. The van der Waals surface area contributed by atoms with E-state index < -0.39 is 6.89 Å². The Hall–Kier alpha value is -1.09. The maximum Gasteiger partial charge on any atom is 0.129 e. The fourth-order valence-electron chi connectivity index (χ4n) is 1.73. The smallest absolute Gasteiger partial charge is 0.129 e. The Kier molecular flexibility index (Phi) is 7.56. The topological polar surface area (TPSA) is 51.2 Å². The molecule has 0 unspecified atom stereocenters. The molecule has 0 aliphatic rings. The first-order chi connectivity index (χ1) is 7.70. The molecular weight excluding hydrogens is 223 g/mol. The molecule has 0 atom stereocenters. The highest BCUT2D eigenvalue weighted by atomic mass is 31.2. The van der Waals surface area contributed by atoms with Crippen molar-refractivity contribution in [2.24, 2.45) is 0 Å². The summed E-state index contributed by atoms with van der Waals surface area (Å²) in [6, 6.07) is 0. The van der Waals surface area contributed by atoms with E-state index >= 15 is 0 Å². The molecule has 0 fully saturated rings. The van der Waals surface area contributed by atoms with E-state index in [9.17, 15) is 14.4 Å². The quantitative estimate of drug-likeness (QED) is 0.507. The first-order valence-electron chi connectivity index (χ1n) is 5.41. The summed E-state index contributed by atoms with van der Waals surface area (Å²) in [5.41, 5.74) is 2.09. The Morgan fingerprint density at radius 2 is 1.69 bits per heavy atom. The highest BCUT2D eigenvalue weighted by Crippen LogP contribution is 2.55. The third-order valence-electron chi connectivity index (χ3n) is 2.40. The zero-order chi connectivity index (χ0) is 12.4. The minimum atomic E-state index is -2.14. The number of hydrogen-bond acceptors (Lipinski definition) is 3. The van der Waals surface area contributed by atoms with Gasteiger partial charge in [0.1, 0.15) is 17.5 Å². The molecule has 0 saturated carbocycles. The van der Waals surface area contributed by atoms with E-state index in [-0.39, 0.29) is 6.42 Å². The van der Waals surface area contributed by atoms with Crippen molar-refractivity contribution in [3.63, 3.8) is 0 Å². The maximum atomic E-state index is 11.2. The fraction of sp³-hybridized carbons (Fsp3) is 0.583. The van der Waals surface area contributed by atoms with Gasteiger partial charge in [-0.3, -0.25) is 0 Å². The monoisotopic (exact) mass is 240 g/mol. The molecule has 0 N–H and O–H groups in total. The molecule has 0 aromatic rings. The highest BCUT2D eigenvalue weighted by Gasteiger charge is 2.23. The molecule has 0 aliphatic heterocycles. The Labute approximate surface area is 96.2 Å². The molecule has 0 aromatic heterocycles. The van der Waals surface area contributed by atoms with Gasteiger partial charge in [0.2, 0.25) is 0 Å². The molecule has 0 heterocycles. The molecule has 0 radical (unpaired) electrons. The third kappa shape index (κ3) is 3.81. The van der Waals surface area contributed by atoms with E-state index in [4.69, 9.17) is 0 Å². The molecule has 88 valence electrons. The minimum Gasteiger partial charge on any atom is -0.234 e. The van der Waals surface area contributed by atoms with Crippen LogP contribution in [0.1, 0.15) is 33.1 Å². The minimum absolute atomic E-state index is 0.190. The summed E-state index contributed by atoms with van der Waals surface area (Å²) in [5.74, 6) is 3.47. The standard InChI is InChI=1S/C12H17O3P/c1-3-8-16(11-15,9-4-2)12(10-14)6-5-7-13/h5H,3-4,6,8-9H2,1-2H3. The van der Waals surface area contributed by atoms with Gasteiger partial charge in [0.05, 0.1) is 5.31 Å². The zero-order valence-electron chi connectivity index (χ0n) is 9.78. The average molecular weight is 240 g/mol. The summed E-state index contributed by atoms with van der Waals surface area (Å²) in [6.45, 7) is 1.80. The lowest BCUT2D eigenvalue weighted by molar-refractivity contribution is 0.566. The molecule has 0 aliphatic carbocycles. The summed E-state index contributed by atoms with van der Waals surface area (Å²) in [5, 5.41) is 0.426. The van der Waals surface area contributed by atoms with Gasteiger partial charge in [0.15, 0.2) is 0 Å². The van der Waals surface area contributed by atoms with Crippen molar-refractivity contribution in [2.75, 3.05) is 12.3 Å². The Morgan fingerprint density at radius 1 is 1.12 bits per heavy atom. The van der Waals surface area contributed by atoms with Gasteiger partial charge in [-0.25, -0.2) is 14.4 Å². The summed E-state index contributed by atoms with van der Waals surface area (Å²) in [6.07, 6.45) is 4.45. The van der Waals surface area contributed by atoms with E-state index in [1.165, 1.54) is 6.08 Å². The lowest BCUT2D eigenvalue weighted by Gasteiger charge is -2.20. The van der Waals surface area contributed by atoms with Gasteiger partial charge in [-0.2, -0.15) is 0 Å². The van der Waals surface area contributed by atoms with Gasteiger partial charge in [-0.05, 0) is 12.3 Å². The molecule has 16 heavy (non-hydrogen) atoms. The van der Waals surface area contributed by atoms with Crippen LogP contribution in [0.4, 0.5) is 0 Å². The second-order valence-corrected chi connectivity index (χ2v) is 7.13. The predicted octanol–water partition coefficient (Wildman–Crippen LogP) is 2.38. The zero-order valence-corrected chi connectivity index (χ0v) is 10.7. The molecule has 0 saturated heterocycles. The van der Waals surface area contributed by atoms with Crippen LogP contribution < -0.4 is 0 Å². The van der Waals surface area contributed by atoms with E-state index in [0.29, 0.717) is 17.6 Å². The van der Waals surface area contributed by atoms with Crippen LogP contribution in [0.5, 0.6) is 0 Å². The molecule has 3 nitrogen and oxygen atoms in total. The summed E-state index contributed by atoms with van der Waals surface area (Å²) < 4.78 is 0. The Bertz CT molecular complexity index is 382. The molecular formula is C12H17O3P. The van der Waals surface area contributed by atoms with Crippen molar-refractivity contribution in [2.45, 2.75) is 33.1 Å². The first-order valence-corrected chi connectivity index (χ1v) is 7.57. The molecule has 0 spiro atoms. The molecule has 0 amide bonds. The molecule has 0 bridgehead atoms. The van der Waals surface area contributed by atoms with Crippen molar-refractivity contribution >= 4 is 24.4 Å². The van der Waals surface area contributed by atoms with Crippen LogP contribution >= 0.6 is 6.89 Å². The van der Waals surface area contributed by atoms with Crippen LogP contribution in [0.25, 0.3) is 0 Å². The average Bonchev–Trinajstić information content (AvgIpc) is 2.30. The fourth-order valence-corrected chi connectivity index (χ4v) is 4.93. The summed E-state index contributed by atoms with van der Waals surface area (Å²) in [4.78, 5) is 32.2. The van der Waals surface area contributed by atoms with Gasteiger partial charge >= 0.3 is 0 Å². The number of hydrogen-bond donors (Lipinski definition) is 0. The predicted molar refractivity (Wildman–Crippen MR) is 67.0 cm³/mol. The Morgan fingerprint density at radius 3 is 2.00 bits per heavy atom. The number of allylic oxidation sites excluding steroid dienone is 2. The van der Waals surface area contributed by atoms with Gasteiger partial charge in [0.25, 0.3) is 0 Å². The van der Waals surface area contributed by atoms with Crippen LogP contribution in [-0.4, -0.2) is 29.9 Å². The van der Waals surface area contributed by atoms with Gasteiger partial charge < -0.3 is 0 Å². The van der Waals surface area contributed by atoms with Crippen LogP contribution in [-0.2, 0) is 14.4 Å². The molecule has 4 heteroatoms. The van der Waals surface area contributed by atoms with Crippen LogP contribution in [0.2, 0.25) is 0 Å². The second kappa shape index (κ2) is 8.11. The van der Waals surface area contributed by atoms with Gasteiger partial charge in [-0.15, -0.1) is 0 Å². The third-order valence-corrected chi connectivity index (χ3v) is 6.48. The number of rotatable bonds is 7. The highest BCUT2D eigenvalue weighted by molar-refractivity contribution is 7.78. The van der Waals surface area contributed by atoms with Crippen molar-refractivity contribution in [3.8, 4) is 0 Å². The van der Waals surface area contributed by atoms with Gasteiger partial charge in [0, 0.05) is 19.4 Å². The largest absolute Gasteiger partial charge is 0.234 e. The van der Waals surface area contributed by atoms with Crippen molar-refractivity contribution in [1.29, 1.82) is 0 Å². The Balaban J connectivity index is 5.37. The normalized spacial score (nSPS) is 9.88. The molecule has 0 aromatic carbocycles. The lowest BCUT2D eigenvalue weighted by atomic mass is 10.4. The molecule has 0 rings (SSSR count). The van der Waals surface area contributed by atoms with Crippen molar-refractivity contribution < 1.29 is 14.4 Å². The van der Waals surface area contributed by atoms with Crippen LogP contribution in [0.3, 0.4) is 0 Å². The van der Waals surface area contributed by atoms with Crippen molar-refractivity contribution in [1.82, 2.24) is 0 Å². The van der Waals surface area contributed by atoms with E-state index in [1.54, 1.807) is 5.94 Å². The SMILES string of the molecule is CCCP(=C=O)(CCC)C(=C=O)CC=C=O. The van der Waals surface area contributed by atoms with Crippen LogP contribution in [0.15, 0.2) is 11.4 Å².